The molecule has 0 unspecified atom stereocenters. The fraction of sp³-hybridized carbons (Fsp3) is 0.600. The average Bonchev–Trinajstić information content (AvgIpc) is 1.98. The first-order valence-electron chi connectivity index (χ1n) is 2.68. The minimum absolute atomic E-state index is 0. The molecule has 0 fully saturated rings. The lowest BCUT2D eigenvalue weighted by molar-refractivity contribution is -0.676. The Morgan fingerprint density at radius 1 is 1.60 bits per heavy atom. The Labute approximate surface area is 82.0 Å². The highest BCUT2D eigenvalue weighted by molar-refractivity contribution is 6.27. The van der Waals surface area contributed by atoms with E-state index in [2.05, 4.69) is 5.10 Å². The normalized spacial score (nSPS) is 9.20. The van der Waals surface area contributed by atoms with Crippen LogP contribution in [0.3, 0.4) is 0 Å². The number of halogens is 2. The fourth-order valence-electron chi connectivity index (χ4n) is 0.614. The lowest BCUT2D eigenvalue weighted by Gasteiger charge is -1.84. The van der Waals surface area contributed by atoms with Crippen LogP contribution in [0.1, 0.15) is 5.82 Å². The first kappa shape index (κ1) is 10.2. The molecule has 0 saturated carbocycles. The van der Waals surface area contributed by atoms with Crippen molar-refractivity contribution in [2.45, 2.75) is 6.92 Å². The molecule has 0 aromatic carbocycles. The van der Waals surface area contributed by atoms with Gasteiger partial charge in [0, 0.05) is 6.92 Å². The van der Waals surface area contributed by atoms with Crippen molar-refractivity contribution in [1.82, 2.24) is 9.78 Å². The third-order valence-electron chi connectivity index (χ3n) is 1.46. The van der Waals surface area contributed by atoms with E-state index in [1.807, 2.05) is 25.6 Å². The second-order valence-electron chi connectivity index (χ2n) is 2.00. The predicted molar refractivity (Wildman–Crippen MR) is 34.1 cm³/mol. The summed E-state index contributed by atoms with van der Waals surface area (Å²) in [5, 5.41) is 4.48. The van der Waals surface area contributed by atoms with Gasteiger partial charge in [0.05, 0.1) is 19.2 Å². The van der Waals surface area contributed by atoms with Crippen LogP contribution in [-0.4, -0.2) is 9.78 Å². The quantitative estimate of drug-likeness (QED) is 0.370. The summed E-state index contributed by atoms with van der Waals surface area (Å²) in [6.07, 6.45) is 0. The summed E-state index contributed by atoms with van der Waals surface area (Å²) in [5.41, 5.74) is 0. The Hall–Kier alpha value is 0.160. The van der Waals surface area contributed by atoms with E-state index in [-0.39, 0.29) is 24.0 Å². The maximum atomic E-state index is 5.67. The Kier molecular flexibility index (Phi) is 3.58. The van der Waals surface area contributed by atoms with Crippen molar-refractivity contribution in [2.75, 3.05) is 0 Å². The molecule has 1 heterocycles. The van der Waals surface area contributed by atoms with Crippen LogP contribution in [-0.2, 0) is 14.1 Å². The molecule has 5 heteroatoms. The summed E-state index contributed by atoms with van der Waals surface area (Å²) in [4.78, 5) is 0. The Bertz CT molecular complexity index is 211. The number of rotatable bonds is 0. The van der Waals surface area contributed by atoms with Crippen LogP contribution in [0.15, 0.2) is 0 Å². The summed E-state index contributed by atoms with van der Waals surface area (Å²) >= 11 is 5.67. The van der Waals surface area contributed by atoms with Gasteiger partial charge < -0.3 is 24.0 Å². The van der Waals surface area contributed by atoms with E-state index < -0.39 is 0 Å². The van der Waals surface area contributed by atoms with Crippen molar-refractivity contribution in [3.8, 4) is 0 Å². The van der Waals surface area contributed by atoms with E-state index in [4.69, 9.17) is 11.6 Å². The van der Waals surface area contributed by atoms with Gasteiger partial charge in [0.15, 0.2) is 0 Å². The Morgan fingerprint density at radius 3 is 2.20 bits per heavy atom. The second kappa shape index (κ2) is 3.52. The molecule has 0 aliphatic heterocycles. The molecular formula is C5H9ClIN3. The minimum Gasteiger partial charge on any atom is -1.00 e. The van der Waals surface area contributed by atoms with Crippen molar-refractivity contribution >= 4 is 11.6 Å². The highest BCUT2D eigenvalue weighted by Gasteiger charge is 2.12. The van der Waals surface area contributed by atoms with Crippen molar-refractivity contribution < 1.29 is 28.5 Å². The van der Waals surface area contributed by atoms with Crippen LogP contribution in [0.25, 0.3) is 0 Å². The summed E-state index contributed by atoms with van der Waals surface area (Å²) in [5.74, 6) is 1.04. The molecule has 0 aliphatic rings. The van der Waals surface area contributed by atoms with Crippen LogP contribution < -0.4 is 28.5 Å². The van der Waals surface area contributed by atoms with E-state index in [9.17, 15) is 0 Å². The molecule has 3 nitrogen and oxygen atoms in total. The zero-order valence-electron chi connectivity index (χ0n) is 6.10. The molecule has 0 N–H and O–H groups in total. The molecule has 0 saturated heterocycles. The highest BCUT2D eigenvalue weighted by atomic mass is 127. The second-order valence-corrected chi connectivity index (χ2v) is 2.34. The number of aromatic nitrogens is 3. The molecular weight excluding hydrogens is 264 g/mol. The van der Waals surface area contributed by atoms with Gasteiger partial charge in [-0.25, -0.2) is 4.57 Å². The van der Waals surface area contributed by atoms with Gasteiger partial charge in [0.25, 0.3) is 0 Å². The maximum Gasteiger partial charge on any atom is 0.371 e. The van der Waals surface area contributed by atoms with Gasteiger partial charge in [-0.1, -0.05) is 0 Å². The van der Waals surface area contributed by atoms with E-state index in [1.165, 1.54) is 0 Å². The molecule has 0 aliphatic carbocycles. The SMILES string of the molecule is Cc1n(C)nc(Cl)[n+]1C.[I-]. The maximum absolute atomic E-state index is 5.67. The van der Waals surface area contributed by atoms with Crippen LogP contribution in [0.4, 0.5) is 0 Å². The molecule has 58 valence electrons. The van der Waals surface area contributed by atoms with E-state index in [0.717, 1.165) is 5.82 Å². The van der Waals surface area contributed by atoms with Gasteiger partial charge in [0.1, 0.15) is 0 Å². The van der Waals surface area contributed by atoms with Gasteiger partial charge in [-0.05, 0) is 11.6 Å². The topological polar surface area (TPSA) is 21.7 Å². The third kappa shape index (κ3) is 1.60. The summed E-state index contributed by atoms with van der Waals surface area (Å²) in [6, 6.07) is 0. The zero-order chi connectivity index (χ0) is 7.02. The summed E-state index contributed by atoms with van der Waals surface area (Å²) < 4.78 is 3.56. The van der Waals surface area contributed by atoms with E-state index in [1.54, 1.807) is 4.68 Å². The fourth-order valence-corrected chi connectivity index (χ4v) is 0.850. The van der Waals surface area contributed by atoms with Gasteiger partial charge in [-0.2, -0.15) is 0 Å². The lowest BCUT2D eigenvalue weighted by Crippen LogP contribution is -3.00. The number of hydrogen-bond donors (Lipinski definition) is 0. The van der Waals surface area contributed by atoms with E-state index in [0.29, 0.717) is 5.28 Å². The molecule has 1 aromatic rings. The minimum atomic E-state index is 0. The van der Waals surface area contributed by atoms with Crippen LogP contribution in [0, 0.1) is 6.92 Å². The number of aryl methyl sites for hydroxylation is 1. The highest BCUT2D eigenvalue weighted by Crippen LogP contribution is 1.95. The van der Waals surface area contributed by atoms with Gasteiger partial charge >= 0.3 is 5.28 Å². The molecule has 0 atom stereocenters. The zero-order valence-corrected chi connectivity index (χ0v) is 9.01. The summed E-state index contributed by atoms with van der Waals surface area (Å²) in [7, 11) is 3.74. The predicted octanol–water partition coefficient (Wildman–Crippen LogP) is -2.79. The first-order valence-corrected chi connectivity index (χ1v) is 3.06. The van der Waals surface area contributed by atoms with Gasteiger partial charge in [-0.15, -0.1) is 4.68 Å². The van der Waals surface area contributed by atoms with Crippen LogP contribution >= 0.6 is 11.6 Å². The first-order chi connectivity index (χ1) is 4.13. The monoisotopic (exact) mass is 273 g/mol. The van der Waals surface area contributed by atoms with Crippen molar-refractivity contribution in [2.24, 2.45) is 14.1 Å². The van der Waals surface area contributed by atoms with Gasteiger partial charge in [-0.3, -0.25) is 0 Å². The third-order valence-corrected chi connectivity index (χ3v) is 1.79. The molecule has 1 rings (SSSR count). The largest absolute Gasteiger partial charge is 1.00 e. The van der Waals surface area contributed by atoms with Crippen molar-refractivity contribution in [3.63, 3.8) is 0 Å². The van der Waals surface area contributed by atoms with Gasteiger partial charge in [0.2, 0.25) is 5.82 Å². The standard InChI is InChI=1S/C5H9ClN3.HI/c1-4-8(2)5(6)7-9(4)3;/h1-3H3;1H/q+1;/p-1. The molecule has 0 amide bonds. The smallest absolute Gasteiger partial charge is 0.371 e. The molecule has 0 radical (unpaired) electrons. The number of hydrogen-bond acceptors (Lipinski definition) is 1. The molecule has 0 bridgehead atoms. The average molecular weight is 274 g/mol. The van der Waals surface area contributed by atoms with Crippen molar-refractivity contribution in [1.29, 1.82) is 0 Å². The molecule has 0 spiro atoms. The molecule has 1 aromatic heterocycles. The Balaban J connectivity index is 0.000000810. The molecule has 10 heavy (non-hydrogen) atoms. The number of nitrogens with zero attached hydrogens (tertiary/aromatic N) is 3. The Morgan fingerprint density at radius 2 is 2.10 bits per heavy atom. The van der Waals surface area contributed by atoms with Crippen molar-refractivity contribution in [3.05, 3.63) is 11.1 Å². The van der Waals surface area contributed by atoms with E-state index >= 15 is 0 Å². The summed E-state index contributed by atoms with van der Waals surface area (Å²) in [6.45, 7) is 1.96. The van der Waals surface area contributed by atoms with Crippen LogP contribution in [0.2, 0.25) is 5.28 Å². The van der Waals surface area contributed by atoms with Crippen LogP contribution in [0.5, 0.6) is 0 Å². The lowest BCUT2D eigenvalue weighted by atomic mass is 10.7.